The molecule has 1 fully saturated rings. The first-order valence-electron chi connectivity index (χ1n) is 6.50. The van der Waals surface area contributed by atoms with E-state index in [0.717, 1.165) is 36.6 Å². The molecule has 3 nitrogen and oxygen atoms in total. The quantitative estimate of drug-likeness (QED) is 0.859. The topological polar surface area (TPSA) is 41.1 Å². The number of benzene rings is 1. The van der Waals surface area contributed by atoms with Gasteiger partial charge < -0.3 is 10.6 Å². The number of carbonyl (C=O) groups is 1. The van der Waals surface area contributed by atoms with Crippen LogP contribution in [0.5, 0.6) is 0 Å². The Hall–Kier alpha value is -1.00. The molecule has 0 aromatic heterocycles. The highest BCUT2D eigenvalue weighted by Crippen LogP contribution is 2.17. The Morgan fingerprint density at radius 1 is 1.56 bits per heavy atom. The van der Waals surface area contributed by atoms with Crippen LogP contribution < -0.4 is 10.6 Å². The summed E-state index contributed by atoms with van der Waals surface area (Å²) in [5.74, 6) is 2.21. The molecule has 0 radical (unpaired) electrons. The summed E-state index contributed by atoms with van der Waals surface area (Å²) in [6.07, 6.45) is 2.03. The zero-order valence-corrected chi connectivity index (χ0v) is 11.6. The van der Waals surface area contributed by atoms with Gasteiger partial charge in [-0.15, -0.1) is 0 Å². The predicted octanol–water partition coefficient (Wildman–Crippen LogP) is 2.63. The molecule has 1 amide bonds. The first-order valence-corrected chi connectivity index (χ1v) is 7.66. The number of rotatable bonds is 5. The zero-order valence-electron chi connectivity index (χ0n) is 10.7. The second-order valence-corrected chi connectivity index (χ2v) is 5.75. The summed E-state index contributed by atoms with van der Waals surface area (Å²) < 4.78 is 0. The molecule has 0 unspecified atom stereocenters. The largest absolute Gasteiger partial charge is 0.325 e. The molecular formula is C14H20N2OS. The van der Waals surface area contributed by atoms with Crippen molar-refractivity contribution in [1.82, 2.24) is 5.32 Å². The molecule has 18 heavy (non-hydrogen) atoms. The molecule has 0 spiro atoms. The van der Waals surface area contributed by atoms with Gasteiger partial charge >= 0.3 is 0 Å². The molecule has 4 heteroatoms. The van der Waals surface area contributed by atoms with Crippen LogP contribution in [0, 0.1) is 0 Å². The van der Waals surface area contributed by atoms with Crippen LogP contribution in [0.1, 0.15) is 25.3 Å². The Kier molecular flexibility index (Phi) is 5.08. The lowest BCUT2D eigenvalue weighted by molar-refractivity contribution is -0.117. The minimum absolute atomic E-state index is 0.0151. The Morgan fingerprint density at radius 3 is 3.17 bits per heavy atom. The van der Waals surface area contributed by atoms with Crippen LogP contribution in [0.2, 0.25) is 0 Å². The van der Waals surface area contributed by atoms with Gasteiger partial charge in [0.15, 0.2) is 0 Å². The summed E-state index contributed by atoms with van der Waals surface area (Å²) in [5.41, 5.74) is 2.17. The van der Waals surface area contributed by atoms with E-state index in [1.165, 1.54) is 5.56 Å². The van der Waals surface area contributed by atoms with E-state index in [1.54, 1.807) is 0 Å². The van der Waals surface area contributed by atoms with E-state index in [0.29, 0.717) is 0 Å². The van der Waals surface area contributed by atoms with Crippen LogP contribution >= 0.6 is 11.8 Å². The van der Waals surface area contributed by atoms with Crippen LogP contribution in [-0.2, 0) is 10.5 Å². The van der Waals surface area contributed by atoms with Crippen molar-refractivity contribution in [2.45, 2.75) is 31.6 Å². The van der Waals surface area contributed by atoms with E-state index in [9.17, 15) is 4.79 Å². The molecule has 1 atom stereocenters. The third kappa shape index (κ3) is 3.75. The minimum atomic E-state index is -0.0151. The maximum atomic E-state index is 12.0. The van der Waals surface area contributed by atoms with Crippen molar-refractivity contribution < 1.29 is 4.79 Å². The highest BCUT2D eigenvalue weighted by Gasteiger charge is 2.21. The number of hydrogen-bond donors (Lipinski definition) is 2. The van der Waals surface area contributed by atoms with Gasteiger partial charge in [0.05, 0.1) is 6.04 Å². The third-order valence-corrected chi connectivity index (χ3v) is 3.99. The molecule has 1 aliphatic rings. The first kappa shape index (κ1) is 13.4. The maximum absolute atomic E-state index is 12.0. The summed E-state index contributed by atoms with van der Waals surface area (Å²) in [5, 5.41) is 6.20. The third-order valence-electron chi connectivity index (χ3n) is 3.04. The van der Waals surface area contributed by atoms with Crippen LogP contribution in [0.4, 0.5) is 5.69 Å². The highest BCUT2D eigenvalue weighted by atomic mass is 32.2. The molecule has 1 aromatic carbocycles. The molecule has 0 saturated carbocycles. The van der Waals surface area contributed by atoms with Gasteiger partial charge in [0, 0.05) is 11.4 Å². The zero-order chi connectivity index (χ0) is 12.8. The molecule has 98 valence electrons. The normalized spacial score (nSPS) is 18.8. The van der Waals surface area contributed by atoms with Gasteiger partial charge in [-0.1, -0.05) is 19.1 Å². The molecular weight excluding hydrogens is 244 g/mol. The Morgan fingerprint density at radius 2 is 2.44 bits per heavy atom. The van der Waals surface area contributed by atoms with E-state index in [1.807, 2.05) is 23.9 Å². The Labute approximate surface area is 113 Å². The average molecular weight is 264 g/mol. The predicted molar refractivity (Wildman–Crippen MR) is 77.9 cm³/mol. The summed E-state index contributed by atoms with van der Waals surface area (Å²) in [6, 6.07) is 8.11. The van der Waals surface area contributed by atoms with E-state index >= 15 is 0 Å². The van der Waals surface area contributed by atoms with Crippen molar-refractivity contribution in [3.8, 4) is 0 Å². The minimum Gasteiger partial charge on any atom is -0.325 e. The summed E-state index contributed by atoms with van der Waals surface area (Å²) in [4.78, 5) is 12.0. The Balaban J connectivity index is 1.93. The van der Waals surface area contributed by atoms with E-state index in [4.69, 9.17) is 0 Å². The van der Waals surface area contributed by atoms with E-state index in [-0.39, 0.29) is 11.9 Å². The lowest BCUT2D eigenvalue weighted by atomic mass is 10.2. The summed E-state index contributed by atoms with van der Waals surface area (Å²) in [7, 11) is 0. The van der Waals surface area contributed by atoms with Crippen LogP contribution in [0.15, 0.2) is 24.3 Å². The van der Waals surface area contributed by atoms with E-state index < -0.39 is 0 Å². The SMILES string of the molecule is CCSCc1cccc(NC(=O)[C@H]2CCCN2)c1. The molecule has 0 bridgehead atoms. The lowest BCUT2D eigenvalue weighted by Crippen LogP contribution is -2.35. The van der Waals surface area contributed by atoms with Crippen LogP contribution in [0.3, 0.4) is 0 Å². The monoisotopic (exact) mass is 264 g/mol. The molecule has 2 N–H and O–H groups in total. The number of nitrogens with one attached hydrogen (secondary N) is 2. The van der Waals surface area contributed by atoms with Gasteiger partial charge in [0.25, 0.3) is 0 Å². The number of anilines is 1. The number of amides is 1. The smallest absolute Gasteiger partial charge is 0.241 e. The fraction of sp³-hybridized carbons (Fsp3) is 0.500. The Bertz CT molecular complexity index is 403. The highest BCUT2D eigenvalue weighted by molar-refractivity contribution is 7.98. The summed E-state index contributed by atoms with van der Waals surface area (Å²) in [6.45, 7) is 3.10. The molecule has 1 heterocycles. The van der Waals surface area contributed by atoms with Gasteiger partial charge in [-0.3, -0.25) is 4.79 Å². The van der Waals surface area contributed by atoms with Gasteiger partial charge in [0.1, 0.15) is 0 Å². The molecule has 1 saturated heterocycles. The summed E-state index contributed by atoms with van der Waals surface area (Å²) >= 11 is 1.89. The fourth-order valence-electron chi connectivity index (χ4n) is 2.10. The van der Waals surface area contributed by atoms with Gasteiger partial charge in [-0.25, -0.2) is 0 Å². The second kappa shape index (κ2) is 6.81. The lowest BCUT2D eigenvalue weighted by Gasteiger charge is -2.11. The van der Waals surface area contributed by atoms with Gasteiger partial charge in [0.2, 0.25) is 5.91 Å². The number of hydrogen-bond acceptors (Lipinski definition) is 3. The van der Waals surface area contributed by atoms with Crippen LogP contribution in [0.25, 0.3) is 0 Å². The van der Waals surface area contributed by atoms with Crippen molar-refractivity contribution in [2.24, 2.45) is 0 Å². The molecule has 2 rings (SSSR count). The molecule has 1 aliphatic heterocycles. The number of carbonyl (C=O) groups excluding carboxylic acids is 1. The van der Waals surface area contributed by atoms with Crippen molar-refractivity contribution in [3.63, 3.8) is 0 Å². The second-order valence-electron chi connectivity index (χ2n) is 4.48. The fourth-order valence-corrected chi connectivity index (χ4v) is 2.72. The average Bonchev–Trinajstić information content (AvgIpc) is 2.91. The van der Waals surface area contributed by atoms with Crippen molar-refractivity contribution in [3.05, 3.63) is 29.8 Å². The standard InChI is InChI=1S/C14H20N2OS/c1-2-18-10-11-5-3-6-12(9-11)16-14(17)13-7-4-8-15-13/h3,5-6,9,13,15H,2,4,7-8,10H2,1H3,(H,16,17)/t13-/m1/s1. The maximum Gasteiger partial charge on any atom is 0.241 e. The molecule has 1 aromatic rings. The van der Waals surface area contributed by atoms with Crippen molar-refractivity contribution >= 4 is 23.4 Å². The van der Waals surface area contributed by atoms with Crippen LogP contribution in [-0.4, -0.2) is 24.2 Å². The number of thioether (sulfide) groups is 1. The molecule has 0 aliphatic carbocycles. The van der Waals surface area contributed by atoms with Gasteiger partial charge in [-0.2, -0.15) is 11.8 Å². The van der Waals surface area contributed by atoms with Crippen molar-refractivity contribution in [1.29, 1.82) is 0 Å². The first-order chi connectivity index (χ1) is 8.79. The van der Waals surface area contributed by atoms with E-state index in [2.05, 4.69) is 29.7 Å². The van der Waals surface area contributed by atoms with Gasteiger partial charge in [-0.05, 0) is 42.8 Å². The van der Waals surface area contributed by atoms with Crippen molar-refractivity contribution in [2.75, 3.05) is 17.6 Å².